The molecule has 4 rings (SSSR count). The average Bonchev–Trinajstić information content (AvgIpc) is 3.09. The molecule has 1 aliphatic carbocycles. The average molecular weight is 409 g/mol. The molecule has 6 nitrogen and oxygen atoms in total. The maximum Gasteiger partial charge on any atom is 0.288 e. The number of halogens is 1. The highest BCUT2D eigenvalue weighted by atomic mass is 35.5. The monoisotopic (exact) mass is 408 g/mol. The summed E-state index contributed by atoms with van der Waals surface area (Å²) in [6.45, 7) is 3.76. The molecule has 1 aromatic carbocycles. The van der Waals surface area contributed by atoms with Crippen LogP contribution in [-0.2, 0) is 11.4 Å². The Hall–Kier alpha value is -1.25. The van der Waals surface area contributed by atoms with E-state index in [0.717, 1.165) is 62.9 Å². The highest BCUT2D eigenvalue weighted by molar-refractivity contribution is 7.71. The number of hydrogen-bond donors (Lipinski definition) is 1. The second-order valence-electron chi connectivity index (χ2n) is 7.22. The molecule has 8 heteroatoms. The maximum absolute atomic E-state index is 6.00. The Labute approximate surface area is 169 Å². The fraction of sp³-hybridized carbons (Fsp3) is 0.579. The third-order valence-electron chi connectivity index (χ3n) is 5.49. The van der Waals surface area contributed by atoms with Gasteiger partial charge in [0, 0.05) is 24.0 Å². The molecule has 1 N–H and O–H groups in total. The van der Waals surface area contributed by atoms with Crippen molar-refractivity contribution in [2.45, 2.75) is 44.2 Å². The van der Waals surface area contributed by atoms with E-state index in [-0.39, 0.29) is 0 Å². The number of rotatable bonds is 5. The van der Waals surface area contributed by atoms with Gasteiger partial charge in [-0.15, -0.1) is 5.10 Å². The zero-order valence-electron chi connectivity index (χ0n) is 15.3. The molecule has 1 saturated carbocycles. The predicted octanol–water partition coefficient (Wildman–Crippen LogP) is 4.09. The van der Waals surface area contributed by atoms with E-state index < -0.39 is 0 Å². The first-order chi connectivity index (χ1) is 13.2. The van der Waals surface area contributed by atoms with E-state index >= 15 is 0 Å². The number of morpholine rings is 1. The largest absolute Gasteiger partial charge is 0.414 e. The lowest BCUT2D eigenvalue weighted by molar-refractivity contribution is 0.00520. The Morgan fingerprint density at radius 1 is 1.07 bits per heavy atom. The molecular formula is C19H25ClN4O2S. The van der Waals surface area contributed by atoms with Crippen molar-refractivity contribution >= 4 is 23.8 Å². The summed E-state index contributed by atoms with van der Waals surface area (Å²) in [6.07, 6.45) is 4.40. The van der Waals surface area contributed by atoms with Gasteiger partial charge in [0.25, 0.3) is 4.84 Å². The molecule has 146 valence electrons. The first-order valence-electron chi connectivity index (χ1n) is 9.58. The fourth-order valence-corrected chi connectivity index (χ4v) is 4.20. The zero-order chi connectivity index (χ0) is 18.6. The van der Waals surface area contributed by atoms with Crippen LogP contribution in [-0.4, -0.2) is 41.1 Å². The molecule has 2 heterocycles. The van der Waals surface area contributed by atoms with Gasteiger partial charge in [-0.2, -0.15) is 0 Å². The van der Waals surface area contributed by atoms with Gasteiger partial charge in [-0.3, -0.25) is 0 Å². The lowest BCUT2D eigenvalue weighted by Gasteiger charge is -2.27. The maximum atomic E-state index is 6.00. The number of aromatic nitrogens is 2. The second-order valence-corrected chi connectivity index (χ2v) is 8.01. The molecule has 1 aromatic heterocycles. The number of nitrogens with one attached hydrogen (secondary N) is 1. The van der Waals surface area contributed by atoms with Gasteiger partial charge < -0.3 is 9.15 Å². The van der Waals surface area contributed by atoms with Gasteiger partial charge >= 0.3 is 0 Å². The number of nitrogens with zero attached hydrogens (tertiary/aromatic N) is 3. The summed E-state index contributed by atoms with van der Waals surface area (Å²) >= 11 is 11.4. The standard InChI is InChI=1S/C19H25ClN4O2S/c20-17-7-5-15(6-8-17)14-1-3-16(4-2-14)18-22-24(19(27)26-18)13-21-23-9-11-25-12-10-23/h5-8,14,16,21H,1-4,9-13H2. The van der Waals surface area contributed by atoms with Gasteiger partial charge in [-0.1, -0.05) is 23.7 Å². The van der Waals surface area contributed by atoms with Crippen LogP contribution in [0.2, 0.25) is 5.02 Å². The first-order valence-corrected chi connectivity index (χ1v) is 10.4. The summed E-state index contributed by atoms with van der Waals surface area (Å²) in [5, 5.41) is 7.56. The summed E-state index contributed by atoms with van der Waals surface area (Å²) < 4.78 is 12.9. The van der Waals surface area contributed by atoms with Crippen molar-refractivity contribution in [1.82, 2.24) is 20.2 Å². The molecular weight excluding hydrogens is 384 g/mol. The third kappa shape index (κ3) is 4.78. The first kappa shape index (κ1) is 19.1. The molecule has 0 radical (unpaired) electrons. The quantitative estimate of drug-likeness (QED) is 0.752. The molecule has 0 unspecified atom stereocenters. The second kappa shape index (κ2) is 8.84. The molecule has 27 heavy (non-hydrogen) atoms. The molecule has 0 spiro atoms. The van der Waals surface area contributed by atoms with Gasteiger partial charge in [-0.25, -0.2) is 15.1 Å². The Kier molecular flexibility index (Phi) is 6.24. The van der Waals surface area contributed by atoms with Crippen LogP contribution < -0.4 is 5.43 Å². The van der Waals surface area contributed by atoms with E-state index in [1.807, 2.05) is 12.1 Å². The Bertz CT molecular complexity index is 793. The van der Waals surface area contributed by atoms with Gasteiger partial charge in [0.15, 0.2) is 0 Å². The van der Waals surface area contributed by atoms with Crippen LogP contribution in [0.4, 0.5) is 0 Å². The summed E-state index contributed by atoms with van der Waals surface area (Å²) in [7, 11) is 0. The minimum Gasteiger partial charge on any atom is -0.414 e. The lowest BCUT2D eigenvalue weighted by atomic mass is 9.79. The van der Waals surface area contributed by atoms with Gasteiger partial charge in [-0.05, 0) is 61.5 Å². The topological polar surface area (TPSA) is 55.5 Å². The fourth-order valence-electron chi connectivity index (χ4n) is 3.88. The highest BCUT2D eigenvalue weighted by Crippen LogP contribution is 2.40. The van der Waals surface area contributed by atoms with Crippen molar-refractivity contribution in [3.8, 4) is 0 Å². The van der Waals surface area contributed by atoms with Crippen molar-refractivity contribution in [1.29, 1.82) is 0 Å². The minimum atomic E-state index is 0.347. The van der Waals surface area contributed by atoms with Crippen LogP contribution in [0.15, 0.2) is 28.7 Å². The van der Waals surface area contributed by atoms with Gasteiger partial charge in [0.05, 0.1) is 13.2 Å². The predicted molar refractivity (Wildman–Crippen MR) is 106 cm³/mol. The Morgan fingerprint density at radius 3 is 2.44 bits per heavy atom. The zero-order valence-corrected chi connectivity index (χ0v) is 16.8. The lowest BCUT2D eigenvalue weighted by Crippen LogP contribution is -2.46. The van der Waals surface area contributed by atoms with Crippen molar-refractivity contribution in [3.05, 3.63) is 45.6 Å². The third-order valence-corrected chi connectivity index (χ3v) is 6.04. The van der Waals surface area contributed by atoms with Crippen LogP contribution >= 0.6 is 23.8 Å². The molecule has 0 atom stereocenters. The van der Waals surface area contributed by atoms with E-state index in [2.05, 4.69) is 27.7 Å². The SMILES string of the molecule is S=c1oc(C2CCC(c3ccc(Cl)cc3)CC2)nn1CNN1CCOCC1. The summed E-state index contributed by atoms with van der Waals surface area (Å²) in [5.74, 6) is 1.71. The summed E-state index contributed by atoms with van der Waals surface area (Å²) in [6, 6.07) is 8.24. The van der Waals surface area contributed by atoms with Gasteiger partial charge in [0.1, 0.15) is 6.67 Å². The van der Waals surface area contributed by atoms with Crippen LogP contribution in [0.1, 0.15) is 49.0 Å². The van der Waals surface area contributed by atoms with E-state index in [4.69, 9.17) is 33.0 Å². The van der Waals surface area contributed by atoms with Crippen LogP contribution in [0, 0.1) is 4.84 Å². The number of benzene rings is 1. The van der Waals surface area contributed by atoms with Crippen LogP contribution in [0.25, 0.3) is 0 Å². The summed E-state index contributed by atoms with van der Waals surface area (Å²) in [5.41, 5.74) is 4.72. The molecule has 0 bridgehead atoms. The van der Waals surface area contributed by atoms with Crippen LogP contribution in [0.5, 0.6) is 0 Å². The van der Waals surface area contributed by atoms with Crippen molar-refractivity contribution in [2.24, 2.45) is 0 Å². The Balaban J connectivity index is 1.33. The van der Waals surface area contributed by atoms with Crippen LogP contribution in [0.3, 0.4) is 0 Å². The molecule has 1 saturated heterocycles. The van der Waals surface area contributed by atoms with E-state index in [0.29, 0.717) is 23.3 Å². The smallest absolute Gasteiger partial charge is 0.288 e. The summed E-state index contributed by atoms with van der Waals surface area (Å²) in [4.78, 5) is 0.436. The van der Waals surface area contributed by atoms with Crippen molar-refractivity contribution in [3.63, 3.8) is 0 Å². The molecule has 2 aromatic rings. The molecule has 2 aliphatic rings. The highest BCUT2D eigenvalue weighted by Gasteiger charge is 2.27. The van der Waals surface area contributed by atoms with E-state index in [1.54, 1.807) is 4.68 Å². The minimum absolute atomic E-state index is 0.347. The molecule has 1 aliphatic heterocycles. The molecule has 2 fully saturated rings. The molecule has 0 amide bonds. The number of ether oxygens (including phenoxy) is 1. The van der Waals surface area contributed by atoms with E-state index in [1.165, 1.54) is 5.56 Å². The van der Waals surface area contributed by atoms with Gasteiger partial charge in [0.2, 0.25) is 5.89 Å². The van der Waals surface area contributed by atoms with Crippen molar-refractivity contribution < 1.29 is 9.15 Å². The van der Waals surface area contributed by atoms with E-state index in [9.17, 15) is 0 Å². The number of hydrazine groups is 1. The van der Waals surface area contributed by atoms with Crippen molar-refractivity contribution in [2.75, 3.05) is 26.3 Å². The normalized spacial score (nSPS) is 24.2. The number of hydrogen-bond acceptors (Lipinski definition) is 6. The Morgan fingerprint density at radius 2 is 1.74 bits per heavy atom.